The number of hydrogen-bond donors (Lipinski definition) is 2. The molecule has 0 bridgehead atoms. The van der Waals surface area contributed by atoms with Crippen LogP contribution >= 0.6 is 0 Å². The summed E-state index contributed by atoms with van der Waals surface area (Å²) in [6.45, 7) is 8.80. The topological polar surface area (TPSA) is 84.3 Å². The maximum Gasteiger partial charge on any atom is 0.270 e. The molecule has 0 saturated heterocycles. The van der Waals surface area contributed by atoms with Gasteiger partial charge in [0.25, 0.3) is 5.91 Å². The lowest BCUT2D eigenvalue weighted by Gasteiger charge is -2.08. The zero-order chi connectivity index (χ0) is 18.0. The first-order valence-electron chi connectivity index (χ1n) is 8.42. The Balaban J connectivity index is 1.78. The fraction of sp³-hybridized carbons (Fsp3) is 0.389. The molecular formula is C18H23N5O2. The van der Waals surface area contributed by atoms with Crippen molar-refractivity contribution in [2.45, 2.75) is 34.1 Å². The molecule has 0 spiro atoms. The van der Waals surface area contributed by atoms with Crippen LogP contribution in [0.2, 0.25) is 0 Å². The molecule has 0 fully saturated rings. The Hall–Kier alpha value is -2.83. The maximum atomic E-state index is 12.7. The number of rotatable bonds is 6. The van der Waals surface area contributed by atoms with Crippen LogP contribution in [-0.2, 0) is 6.42 Å². The van der Waals surface area contributed by atoms with Crippen molar-refractivity contribution in [1.82, 2.24) is 24.9 Å². The van der Waals surface area contributed by atoms with Crippen molar-refractivity contribution in [1.29, 1.82) is 0 Å². The summed E-state index contributed by atoms with van der Waals surface area (Å²) >= 11 is 0. The Morgan fingerprint density at radius 1 is 1.32 bits per heavy atom. The van der Waals surface area contributed by atoms with Gasteiger partial charge in [0.2, 0.25) is 0 Å². The minimum absolute atomic E-state index is 0.141. The second-order valence-electron chi connectivity index (χ2n) is 5.96. The van der Waals surface area contributed by atoms with E-state index in [4.69, 9.17) is 4.74 Å². The molecule has 3 rings (SSSR count). The number of pyridine rings is 1. The Kier molecular flexibility index (Phi) is 4.74. The average molecular weight is 341 g/mol. The van der Waals surface area contributed by atoms with Crippen LogP contribution in [0.3, 0.4) is 0 Å². The van der Waals surface area contributed by atoms with Crippen molar-refractivity contribution >= 4 is 11.6 Å². The number of hydrogen-bond acceptors (Lipinski definition) is 4. The first-order valence-corrected chi connectivity index (χ1v) is 8.42. The Labute approximate surface area is 146 Å². The number of fused-ring (bicyclic) bond motifs is 1. The van der Waals surface area contributed by atoms with E-state index in [1.807, 2.05) is 46.0 Å². The summed E-state index contributed by atoms with van der Waals surface area (Å²) in [4.78, 5) is 17.2. The summed E-state index contributed by atoms with van der Waals surface area (Å²) in [5, 5.41) is 10.1. The number of aromatic amines is 1. The molecule has 132 valence electrons. The molecule has 7 nitrogen and oxygen atoms in total. The highest BCUT2D eigenvalue weighted by molar-refractivity contribution is 5.95. The lowest BCUT2D eigenvalue weighted by atomic mass is 10.1. The Bertz CT molecular complexity index is 890. The van der Waals surface area contributed by atoms with Crippen molar-refractivity contribution in [3.8, 4) is 5.75 Å². The second-order valence-corrected chi connectivity index (χ2v) is 5.96. The molecule has 2 N–H and O–H groups in total. The molecule has 0 radical (unpaired) electrons. The summed E-state index contributed by atoms with van der Waals surface area (Å²) in [5.74, 6) is 0.536. The fourth-order valence-corrected chi connectivity index (χ4v) is 3.02. The summed E-state index contributed by atoms with van der Waals surface area (Å²) in [6.07, 6.45) is 2.57. The van der Waals surface area contributed by atoms with Gasteiger partial charge in [-0.2, -0.15) is 5.10 Å². The summed E-state index contributed by atoms with van der Waals surface area (Å²) in [5.41, 5.74) is 5.04. The van der Waals surface area contributed by atoms with E-state index in [1.54, 1.807) is 4.40 Å². The standard InChI is InChI=1S/C18H23N5O2/c1-5-25-15-7-6-10-23-16(13(4)20-17(15)23)18(24)19-9-8-14-11(2)21-22-12(14)3/h6-7,10H,5,8-9H2,1-4H3,(H,19,24)(H,21,22). The van der Waals surface area contributed by atoms with Crippen molar-refractivity contribution in [2.75, 3.05) is 13.2 Å². The first kappa shape index (κ1) is 17.0. The van der Waals surface area contributed by atoms with E-state index in [0.717, 1.165) is 23.4 Å². The number of imidazole rings is 1. The van der Waals surface area contributed by atoms with Gasteiger partial charge in [-0.15, -0.1) is 0 Å². The van der Waals surface area contributed by atoms with Crippen molar-refractivity contribution in [2.24, 2.45) is 0 Å². The van der Waals surface area contributed by atoms with Crippen LogP contribution in [-0.4, -0.2) is 38.6 Å². The molecular weight excluding hydrogens is 318 g/mol. The third-order valence-electron chi connectivity index (χ3n) is 4.24. The SMILES string of the molecule is CCOc1cccn2c(C(=O)NCCc3c(C)n[nH]c3C)c(C)nc12. The van der Waals surface area contributed by atoms with Crippen molar-refractivity contribution in [3.05, 3.63) is 46.7 Å². The summed E-state index contributed by atoms with van der Waals surface area (Å²) < 4.78 is 7.38. The number of nitrogens with zero attached hydrogens (tertiary/aromatic N) is 3. The van der Waals surface area contributed by atoms with Gasteiger partial charge >= 0.3 is 0 Å². The van der Waals surface area contributed by atoms with Crippen LogP contribution in [0.5, 0.6) is 5.75 Å². The van der Waals surface area contributed by atoms with E-state index in [9.17, 15) is 4.79 Å². The third kappa shape index (κ3) is 3.22. The number of amides is 1. The number of nitrogens with one attached hydrogen (secondary N) is 2. The van der Waals surface area contributed by atoms with Gasteiger partial charge in [-0.05, 0) is 51.8 Å². The van der Waals surface area contributed by atoms with E-state index in [2.05, 4.69) is 20.5 Å². The van der Waals surface area contributed by atoms with Gasteiger partial charge in [0.1, 0.15) is 5.69 Å². The summed E-state index contributed by atoms with van der Waals surface area (Å²) in [7, 11) is 0. The second kappa shape index (κ2) is 6.96. The quantitative estimate of drug-likeness (QED) is 0.721. The van der Waals surface area contributed by atoms with Gasteiger partial charge in [-0.1, -0.05) is 0 Å². The van der Waals surface area contributed by atoms with Crippen LogP contribution in [0, 0.1) is 20.8 Å². The third-order valence-corrected chi connectivity index (χ3v) is 4.24. The molecule has 7 heteroatoms. The molecule has 3 heterocycles. The largest absolute Gasteiger partial charge is 0.490 e. The predicted octanol–water partition coefficient (Wildman–Crippen LogP) is 2.35. The minimum atomic E-state index is -0.141. The molecule has 3 aromatic rings. The van der Waals surface area contributed by atoms with E-state index in [-0.39, 0.29) is 5.91 Å². The highest BCUT2D eigenvalue weighted by Gasteiger charge is 2.18. The van der Waals surface area contributed by atoms with Crippen molar-refractivity contribution < 1.29 is 9.53 Å². The average Bonchev–Trinajstić information content (AvgIpc) is 3.08. The normalized spacial score (nSPS) is 11.0. The van der Waals surface area contributed by atoms with Crippen LogP contribution in [0.25, 0.3) is 5.65 Å². The number of H-pyrrole nitrogens is 1. The molecule has 1 amide bonds. The highest BCUT2D eigenvalue weighted by atomic mass is 16.5. The van der Waals surface area contributed by atoms with Gasteiger partial charge in [-0.3, -0.25) is 14.3 Å². The fourth-order valence-electron chi connectivity index (χ4n) is 3.02. The van der Waals surface area contributed by atoms with Gasteiger partial charge in [0.15, 0.2) is 11.4 Å². The van der Waals surface area contributed by atoms with Gasteiger partial charge < -0.3 is 10.1 Å². The van der Waals surface area contributed by atoms with E-state index >= 15 is 0 Å². The van der Waals surface area contributed by atoms with Crippen LogP contribution in [0.1, 0.15) is 40.1 Å². The number of aromatic nitrogens is 4. The summed E-state index contributed by atoms with van der Waals surface area (Å²) in [6, 6.07) is 3.71. The molecule has 0 atom stereocenters. The van der Waals surface area contributed by atoms with E-state index < -0.39 is 0 Å². The minimum Gasteiger partial charge on any atom is -0.490 e. The van der Waals surface area contributed by atoms with E-state index in [1.165, 1.54) is 0 Å². The number of carbonyl (C=O) groups is 1. The molecule has 0 unspecified atom stereocenters. The van der Waals surface area contributed by atoms with E-state index in [0.29, 0.717) is 35.9 Å². The number of carbonyl (C=O) groups excluding carboxylic acids is 1. The molecule has 25 heavy (non-hydrogen) atoms. The highest BCUT2D eigenvalue weighted by Crippen LogP contribution is 2.22. The monoisotopic (exact) mass is 341 g/mol. The number of aryl methyl sites for hydroxylation is 3. The first-order chi connectivity index (χ1) is 12.0. The number of ether oxygens (including phenoxy) is 1. The molecule has 0 aliphatic heterocycles. The van der Waals surface area contributed by atoms with Crippen LogP contribution in [0.4, 0.5) is 0 Å². The molecule has 0 aliphatic rings. The smallest absolute Gasteiger partial charge is 0.270 e. The zero-order valence-electron chi connectivity index (χ0n) is 15.0. The van der Waals surface area contributed by atoms with Gasteiger partial charge in [0, 0.05) is 18.4 Å². The molecule has 0 saturated carbocycles. The molecule has 3 aromatic heterocycles. The molecule has 0 aromatic carbocycles. The lowest BCUT2D eigenvalue weighted by Crippen LogP contribution is -2.27. The van der Waals surface area contributed by atoms with Crippen molar-refractivity contribution in [3.63, 3.8) is 0 Å². The maximum absolute atomic E-state index is 12.7. The lowest BCUT2D eigenvalue weighted by molar-refractivity contribution is 0.0947. The zero-order valence-corrected chi connectivity index (χ0v) is 15.0. The van der Waals surface area contributed by atoms with Gasteiger partial charge in [-0.25, -0.2) is 4.98 Å². The predicted molar refractivity (Wildman–Crippen MR) is 95.2 cm³/mol. The molecule has 0 aliphatic carbocycles. The van der Waals surface area contributed by atoms with Crippen LogP contribution in [0.15, 0.2) is 18.3 Å². The van der Waals surface area contributed by atoms with Gasteiger partial charge in [0.05, 0.1) is 18.0 Å². The Morgan fingerprint density at radius 3 is 2.80 bits per heavy atom. The van der Waals surface area contributed by atoms with Crippen LogP contribution < -0.4 is 10.1 Å². The Morgan fingerprint density at radius 2 is 2.12 bits per heavy atom.